The first-order valence-corrected chi connectivity index (χ1v) is 7.70. The van der Waals surface area contributed by atoms with E-state index in [1.54, 1.807) is 6.92 Å². The molecule has 0 spiro atoms. The number of hydrogen-bond acceptors (Lipinski definition) is 5. The molecule has 0 aromatic carbocycles. The molecule has 2 N–H and O–H groups in total. The van der Waals surface area contributed by atoms with Crippen LogP contribution in [0.5, 0.6) is 0 Å². The molecule has 0 saturated carbocycles. The Balaban J connectivity index is 2.56. The number of carboxylic acid groups (broad SMARTS) is 1. The normalized spacial score (nSPS) is 11.4. The molecule has 1 aromatic rings. The van der Waals surface area contributed by atoms with Crippen LogP contribution in [0, 0.1) is 6.92 Å². The molecular formula is C12H18N2O3S2. The topological polar surface area (TPSA) is 79.3 Å². The molecule has 19 heavy (non-hydrogen) atoms. The van der Waals surface area contributed by atoms with Crippen LogP contribution in [0.4, 0.5) is 0 Å². The lowest BCUT2D eigenvalue weighted by Gasteiger charge is -2.24. The Morgan fingerprint density at radius 2 is 2.11 bits per heavy atom. The lowest BCUT2D eigenvalue weighted by Crippen LogP contribution is -2.43. The Kier molecular flexibility index (Phi) is 5.37. The summed E-state index contributed by atoms with van der Waals surface area (Å²) in [5, 5.41) is 11.8. The Bertz CT molecular complexity index is 483. The summed E-state index contributed by atoms with van der Waals surface area (Å²) >= 11 is 2.37. The predicted octanol–water partition coefficient (Wildman–Crippen LogP) is 2.55. The second kappa shape index (κ2) is 6.38. The molecule has 106 valence electrons. The molecule has 0 aliphatic rings. The minimum atomic E-state index is -0.974. The van der Waals surface area contributed by atoms with Gasteiger partial charge in [-0.05, 0) is 27.2 Å². The third kappa shape index (κ3) is 4.83. The fraction of sp³-hybridized carbons (Fsp3) is 0.583. The first-order chi connectivity index (χ1) is 8.75. The van der Waals surface area contributed by atoms with Crippen LogP contribution in [0.25, 0.3) is 0 Å². The second-order valence-corrected chi connectivity index (χ2v) is 7.00. The number of rotatable bonds is 6. The number of amides is 1. The van der Waals surface area contributed by atoms with Gasteiger partial charge in [-0.2, -0.15) is 0 Å². The van der Waals surface area contributed by atoms with E-state index in [0.717, 1.165) is 17.8 Å². The van der Waals surface area contributed by atoms with E-state index in [4.69, 9.17) is 5.11 Å². The molecule has 0 radical (unpaired) electrons. The van der Waals surface area contributed by atoms with E-state index in [1.807, 2.05) is 20.8 Å². The highest BCUT2D eigenvalue weighted by atomic mass is 32.2. The SMILES string of the molecule is CCC(C)(C)NC(=O)CSc1nc(C)c(C(=O)O)s1. The van der Waals surface area contributed by atoms with Crippen molar-refractivity contribution in [3.63, 3.8) is 0 Å². The van der Waals surface area contributed by atoms with E-state index in [1.165, 1.54) is 11.8 Å². The Morgan fingerprint density at radius 1 is 1.47 bits per heavy atom. The van der Waals surface area contributed by atoms with Crippen LogP contribution in [0.2, 0.25) is 0 Å². The van der Waals surface area contributed by atoms with Gasteiger partial charge in [0.05, 0.1) is 11.4 Å². The van der Waals surface area contributed by atoms with Gasteiger partial charge >= 0.3 is 5.97 Å². The molecule has 1 aromatic heterocycles. The van der Waals surface area contributed by atoms with Gasteiger partial charge < -0.3 is 10.4 Å². The summed E-state index contributed by atoms with van der Waals surface area (Å²) in [6.45, 7) is 7.60. The lowest BCUT2D eigenvalue weighted by molar-refractivity contribution is -0.120. The summed E-state index contributed by atoms with van der Waals surface area (Å²) in [7, 11) is 0. The van der Waals surface area contributed by atoms with Gasteiger partial charge in [-0.1, -0.05) is 18.7 Å². The average Bonchev–Trinajstić information content (AvgIpc) is 2.67. The molecule has 0 atom stereocenters. The largest absolute Gasteiger partial charge is 0.477 e. The maximum absolute atomic E-state index is 11.7. The van der Waals surface area contributed by atoms with Crippen molar-refractivity contribution in [2.24, 2.45) is 0 Å². The molecule has 0 fully saturated rings. The molecule has 5 nitrogen and oxygen atoms in total. The Labute approximate surface area is 120 Å². The molecule has 0 aliphatic heterocycles. The number of aromatic nitrogens is 1. The Hall–Kier alpha value is -1.08. The summed E-state index contributed by atoms with van der Waals surface area (Å²) in [5.74, 6) is -0.796. The molecule has 1 rings (SSSR count). The van der Waals surface area contributed by atoms with Crippen LogP contribution in [-0.4, -0.2) is 33.3 Å². The van der Waals surface area contributed by atoms with Crippen LogP contribution in [0.15, 0.2) is 4.34 Å². The monoisotopic (exact) mass is 302 g/mol. The van der Waals surface area contributed by atoms with E-state index < -0.39 is 5.97 Å². The maximum atomic E-state index is 11.7. The fourth-order valence-corrected chi connectivity index (χ4v) is 3.09. The van der Waals surface area contributed by atoms with E-state index >= 15 is 0 Å². The lowest BCUT2D eigenvalue weighted by atomic mass is 10.0. The molecular weight excluding hydrogens is 284 g/mol. The van der Waals surface area contributed by atoms with Crippen molar-refractivity contribution in [1.29, 1.82) is 0 Å². The van der Waals surface area contributed by atoms with Gasteiger partial charge in [0.25, 0.3) is 0 Å². The van der Waals surface area contributed by atoms with E-state index in [-0.39, 0.29) is 22.1 Å². The van der Waals surface area contributed by atoms with Crippen molar-refractivity contribution in [3.05, 3.63) is 10.6 Å². The summed E-state index contributed by atoms with van der Waals surface area (Å²) in [6.07, 6.45) is 0.850. The first kappa shape index (κ1) is 16.0. The molecule has 0 bridgehead atoms. The standard InChI is InChI=1S/C12H18N2O3S2/c1-5-12(3,4)14-8(15)6-18-11-13-7(2)9(19-11)10(16)17/h5-6H2,1-4H3,(H,14,15)(H,16,17). The van der Waals surface area contributed by atoms with Gasteiger partial charge in [0, 0.05) is 5.54 Å². The predicted molar refractivity (Wildman–Crippen MR) is 77.0 cm³/mol. The third-order valence-corrected chi connectivity index (χ3v) is 4.95. The number of nitrogens with one attached hydrogen (secondary N) is 1. The van der Waals surface area contributed by atoms with Gasteiger partial charge in [0.1, 0.15) is 4.88 Å². The minimum absolute atomic E-state index is 0.0680. The van der Waals surface area contributed by atoms with Crippen molar-refractivity contribution in [3.8, 4) is 0 Å². The van der Waals surface area contributed by atoms with Crippen LogP contribution < -0.4 is 5.32 Å². The summed E-state index contributed by atoms with van der Waals surface area (Å²) in [6, 6.07) is 0. The van der Waals surface area contributed by atoms with E-state index in [0.29, 0.717) is 10.0 Å². The van der Waals surface area contributed by atoms with Gasteiger partial charge in [0.15, 0.2) is 4.34 Å². The number of aryl methyl sites for hydroxylation is 1. The van der Waals surface area contributed by atoms with Gasteiger partial charge in [-0.15, -0.1) is 11.3 Å². The third-order valence-electron chi connectivity index (χ3n) is 2.66. The molecule has 1 amide bonds. The van der Waals surface area contributed by atoms with Crippen molar-refractivity contribution >= 4 is 35.0 Å². The zero-order valence-electron chi connectivity index (χ0n) is 11.4. The first-order valence-electron chi connectivity index (χ1n) is 5.89. The highest BCUT2D eigenvalue weighted by Gasteiger charge is 2.19. The summed E-state index contributed by atoms with van der Waals surface area (Å²) < 4.78 is 0.611. The number of nitrogens with zero attached hydrogens (tertiary/aromatic N) is 1. The number of carboxylic acids is 1. The molecule has 1 heterocycles. The van der Waals surface area contributed by atoms with Crippen LogP contribution in [0.3, 0.4) is 0 Å². The molecule has 0 unspecified atom stereocenters. The second-order valence-electron chi connectivity index (χ2n) is 4.77. The van der Waals surface area contributed by atoms with Crippen LogP contribution >= 0.6 is 23.1 Å². The highest BCUT2D eigenvalue weighted by Crippen LogP contribution is 2.27. The average molecular weight is 302 g/mol. The highest BCUT2D eigenvalue weighted by molar-refractivity contribution is 8.01. The number of thioether (sulfide) groups is 1. The smallest absolute Gasteiger partial charge is 0.347 e. The van der Waals surface area contributed by atoms with E-state index in [2.05, 4.69) is 10.3 Å². The number of carbonyl (C=O) groups excluding carboxylic acids is 1. The van der Waals surface area contributed by atoms with Crippen molar-refractivity contribution in [2.75, 3.05) is 5.75 Å². The quantitative estimate of drug-likeness (QED) is 0.789. The zero-order chi connectivity index (χ0) is 14.6. The molecule has 7 heteroatoms. The summed E-state index contributed by atoms with van der Waals surface area (Å²) in [5.41, 5.74) is 0.275. The summed E-state index contributed by atoms with van der Waals surface area (Å²) in [4.78, 5) is 27.0. The Morgan fingerprint density at radius 3 is 2.58 bits per heavy atom. The van der Waals surface area contributed by atoms with Gasteiger partial charge in [-0.3, -0.25) is 4.79 Å². The molecule has 0 aliphatic carbocycles. The van der Waals surface area contributed by atoms with E-state index in [9.17, 15) is 9.59 Å². The van der Waals surface area contributed by atoms with Crippen molar-refractivity contribution in [1.82, 2.24) is 10.3 Å². The number of aromatic carboxylic acids is 1. The van der Waals surface area contributed by atoms with Crippen molar-refractivity contribution < 1.29 is 14.7 Å². The van der Waals surface area contributed by atoms with Gasteiger partial charge in [-0.25, -0.2) is 9.78 Å². The number of hydrogen-bond donors (Lipinski definition) is 2. The number of thiazole rings is 1. The van der Waals surface area contributed by atoms with Crippen LogP contribution in [-0.2, 0) is 4.79 Å². The fourth-order valence-electron chi connectivity index (χ4n) is 1.26. The van der Waals surface area contributed by atoms with Crippen LogP contribution in [0.1, 0.15) is 42.6 Å². The van der Waals surface area contributed by atoms with Crippen molar-refractivity contribution in [2.45, 2.75) is 44.0 Å². The molecule has 0 saturated heterocycles. The zero-order valence-corrected chi connectivity index (χ0v) is 13.1. The maximum Gasteiger partial charge on any atom is 0.347 e. The minimum Gasteiger partial charge on any atom is -0.477 e. The number of carbonyl (C=O) groups is 2. The van der Waals surface area contributed by atoms with Gasteiger partial charge in [0.2, 0.25) is 5.91 Å².